The highest BCUT2D eigenvalue weighted by molar-refractivity contribution is 6.01. The van der Waals surface area contributed by atoms with Crippen molar-refractivity contribution in [1.29, 1.82) is 0 Å². The molecule has 82 valence electrons. The van der Waals surface area contributed by atoms with Gasteiger partial charge in [0.05, 0.1) is 0 Å². The van der Waals surface area contributed by atoms with Crippen LogP contribution in [-0.4, -0.2) is 29.9 Å². The smallest absolute Gasteiger partial charge is 0.251 e. The zero-order valence-electron chi connectivity index (χ0n) is 8.32. The van der Waals surface area contributed by atoms with Crippen LogP contribution in [0.2, 0.25) is 0 Å². The van der Waals surface area contributed by atoms with Gasteiger partial charge in [-0.05, 0) is 19.3 Å². The summed E-state index contributed by atoms with van der Waals surface area (Å²) in [6.45, 7) is 0. The van der Waals surface area contributed by atoms with E-state index in [4.69, 9.17) is 5.73 Å². The third-order valence-corrected chi connectivity index (χ3v) is 2.43. The van der Waals surface area contributed by atoms with Crippen LogP contribution in [-0.2, 0) is 9.59 Å². The van der Waals surface area contributed by atoms with Gasteiger partial charge in [0.25, 0.3) is 5.91 Å². The van der Waals surface area contributed by atoms with Crippen LogP contribution in [0.3, 0.4) is 0 Å². The lowest BCUT2D eigenvalue weighted by Gasteiger charge is -2.17. The van der Waals surface area contributed by atoms with Crippen molar-refractivity contribution in [3.8, 4) is 0 Å². The molecule has 2 aliphatic rings. The molecule has 4 N–H and O–H groups in total. The van der Waals surface area contributed by atoms with E-state index in [1.807, 2.05) is 0 Å². The second kappa shape index (κ2) is 3.88. The fourth-order valence-corrected chi connectivity index (χ4v) is 1.45. The van der Waals surface area contributed by atoms with Crippen LogP contribution in [0.25, 0.3) is 0 Å². The normalized spacial score (nSPS) is 27.5. The predicted octanol–water partition coefficient (Wildman–Crippen LogP) is -1.14. The van der Waals surface area contributed by atoms with E-state index in [9.17, 15) is 9.59 Å². The van der Waals surface area contributed by atoms with E-state index in [1.165, 1.54) is 0 Å². The fourth-order valence-electron chi connectivity index (χ4n) is 1.45. The van der Waals surface area contributed by atoms with Crippen molar-refractivity contribution in [3.05, 3.63) is 0 Å². The number of guanidine groups is 1. The molecule has 0 spiro atoms. The second-order valence-corrected chi connectivity index (χ2v) is 3.90. The Morgan fingerprint density at radius 1 is 1.40 bits per heavy atom. The van der Waals surface area contributed by atoms with E-state index in [0.717, 1.165) is 12.8 Å². The number of imide groups is 1. The molecule has 2 rings (SSSR count). The van der Waals surface area contributed by atoms with E-state index >= 15 is 0 Å². The lowest BCUT2D eigenvalue weighted by Crippen LogP contribution is -2.45. The Morgan fingerprint density at radius 2 is 2.13 bits per heavy atom. The standard InChI is InChI=1S/C9H14N4O2/c10-9(11-5-1-2-5)12-6-3-4-7(14)13-8(6)15/h5-6H,1-4H2,(H3,10,11,12)(H,13,14,15). The Bertz CT molecular complexity index is 322. The van der Waals surface area contributed by atoms with Crippen molar-refractivity contribution < 1.29 is 9.59 Å². The topological polar surface area (TPSA) is 96.6 Å². The molecule has 1 aliphatic carbocycles. The highest BCUT2D eigenvalue weighted by atomic mass is 16.2. The number of aliphatic imine (C=N–C) groups is 1. The first-order valence-corrected chi connectivity index (χ1v) is 5.08. The van der Waals surface area contributed by atoms with E-state index in [-0.39, 0.29) is 11.8 Å². The minimum atomic E-state index is -0.519. The lowest BCUT2D eigenvalue weighted by atomic mass is 10.1. The summed E-state index contributed by atoms with van der Waals surface area (Å²) in [5.41, 5.74) is 5.62. The number of hydrogen-bond acceptors (Lipinski definition) is 3. The number of piperidine rings is 1. The molecular weight excluding hydrogens is 196 g/mol. The van der Waals surface area contributed by atoms with Crippen LogP contribution in [0, 0.1) is 0 Å². The number of nitrogens with two attached hydrogens (primary N) is 1. The number of carbonyl (C=O) groups excluding carboxylic acids is 2. The van der Waals surface area contributed by atoms with Gasteiger partial charge < -0.3 is 11.1 Å². The van der Waals surface area contributed by atoms with Gasteiger partial charge in [0.15, 0.2) is 5.96 Å². The molecule has 1 aliphatic heterocycles. The van der Waals surface area contributed by atoms with Gasteiger partial charge in [-0.3, -0.25) is 14.9 Å². The van der Waals surface area contributed by atoms with Crippen LogP contribution in [0.4, 0.5) is 0 Å². The molecule has 0 aromatic rings. The summed E-state index contributed by atoms with van der Waals surface area (Å²) in [5.74, 6) is -0.293. The molecule has 0 aromatic heterocycles. The van der Waals surface area contributed by atoms with Crippen molar-refractivity contribution in [2.45, 2.75) is 37.8 Å². The first-order chi connectivity index (χ1) is 7.15. The monoisotopic (exact) mass is 210 g/mol. The number of hydrogen-bond donors (Lipinski definition) is 3. The summed E-state index contributed by atoms with van der Waals surface area (Å²) in [6.07, 6.45) is 2.98. The minimum Gasteiger partial charge on any atom is -0.370 e. The van der Waals surface area contributed by atoms with Crippen molar-refractivity contribution >= 4 is 17.8 Å². The van der Waals surface area contributed by atoms with Gasteiger partial charge in [0.2, 0.25) is 5.91 Å². The first kappa shape index (κ1) is 9.95. The summed E-state index contributed by atoms with van der Waals surface area (Å²) >= 11 is 0. The van der Waals surface area contributed by atoms with E-state index in [0.29, 0.717) is 24.8 Å². The SMILES string of the molecule is NC(=NC1CCC(=O)NC1=O)NC1CC1. The molecule has 2 fully saturated rings. The molecule has 1 unspecified atom stereocenters. The molecule has 6 heteroatoms. The molecule has 15 heavy (non-hydrogen) atoms. The summed E-state index contributed by atoms with van der Waals surface area (Å²) in [5, 5.41) is 5.23. The molecular formula is C9H14N4O2. The van der Waals surface area contributed by atoms with Gasteiger partial charge in [0.1, 0.15) is 6.04 Å². The van der Waals surface area contributed by atoms with E-state index in [1.54, 1.807) is 0 Å². The molecule has 1 saturated carbocycles. The van der Waals surface area contributed by atoms with Crippen molar-refractivity contribution in [1.82, 2.24) is 10.6 Å². The Morgan fingerprint density at radius 3 is 2.73 bits per heavy atom. The summed E-state index contributed by atoms with van der Waals surface area (Å²) in [4.78, 5) is 26.2. The van der Waals surface area contributed by atoms with E-state index in [2.05, 4.69) is 15.6 Å². The molecule has 0 aromatic carbocycles. The van der Waals surface area contributed by atoms with Crippen LogP contribution >= 0.6 is 0 Å². The van der Waals surface area contributed by atoms with Crippen molar-refractivity contribution in [2.24, 2.45) is 10.7 Å². The first-order valence-electron chi connectivity index (χ1n) is 5.08. The Kier molecular flexibility index (Phi) is 2.57. The maximum Gasteiger partial charge on any atom is 0.251 e. The highest BCUT2D eigenvalue weighted by Gasteiger charge is 2.27. The molecule has 0 radical (unpaired) electrons. The highest BCUT2D eigenvalue weighted by Crippen LogP contribution is 2.18. The Labute approximate surface area is 87.3 Å². The Hall–Kier alpha value is -1.59. The number of nitrogens with one attached hydrogen (secondary N) is 2. The van der Waals surface area contributed by atoms with Crippen LogP contribution in [0.1, 0.15) is 25.7 Å². The molecule has 1 atom stereocenters. The quantitative estimate of drug-likeness (QED) is 0.305. The average molecular weight is 210 g/mol. The van der Waals surface area contributed by atoms with Crippen molar-refractivity contribution in [3.63, 3.8) is 0 Å². The van der Waals surface area contributed by atoms with Crippen LogP contribution < -0.4 is 16.4 Å². The molecule has 0 bridgehead atoms. The summed E-state index contributed by atoms with van der Waals surface area (Å²) in [6, 6.07) is -0.101. The average Bonchev–Trinajstić information content (AvgIpc) is 2.94. The lowest BCUT2D eigenvalue weighted by molar-refractivity contribution is -0.133. The van der Waals surface area contributed by atoms with Gasteiger partial charge in [-0.1, -0.05) is 0 Å². The summed E-state index contributed by atoms with van der Waals surface area (Å²) in [7, 11) is 0. The number of rotatable bonds is 2. The number of amides is 2. The fraction of sp³-hybridized carbons (Fsp3) is 0.667. The third-order valence-electron chi connectivity index (χ3n) is 2.43. The summed E-state index contributed by atoms with van der Waals surface area (Å²) < 4.78 is 0. The minimum absolute atomic E-state index is 0.236. The van der Waals surface area contributed by atoms with Gasteiger partial charge in [0, 0.05) is 12.5 Å². The van der Waals surface area contributed by atoms with Gasteiger partial charge in [-0.25, -0.2) is 4.99 Å². The molecule has 1 saturated heterocycles. The van der Waals surface area contributed by atoms with E-state index < -0.39 is 6.04 Å². The van der Waals surface area contributed by atoms with Gasteiger partial charge in [-0.2, -0.15) is 0 Å². The largest absolute Gasteiger partial charge is 0.370 e. The molecule has 2 amide bonds. The third kappa shape index (κ3) is 2.68. The van der Waals surface area contributed by atoms with Crippen LogP contribution in [0.5, 0.6) is 0 Å². The maximum atomic E-state index is 11.3. The van der Waals surface area contributed by atoms with Gasteiger partial charge in [-0.15, -0.1) is 0 Å². The maximum absolute atomic E-state index is 11.3. The van der Waals surface area contributed by atoms with Crippen LogP contribution in [0.15, 0.2) is 4.99 Å². The molecule has 6 nitrogen and oxygen atoms in total. The zero-order valence-corrected chi connectivity index (χ0v) is 8.32. The number of nitrogens with zero attached hydrogens (tertiary/aromatic N) is 1. The second-order valence-electron chi connectivity index (χ2n) is 3.90. The van der Waals surface area contributed by atoms with Crippen molar-refractivity contribution in [2.75, 3.05) is 0 Å². The number of carbonyl (C=O) groups is 2. The predicted molar refractivity (Wildman–Crippen MR) is 54.0 cm³/mol. The molecule has 1 heterocycles. The van der Waals surface area contributed by atoms with Gasteiger partial charge >= 0.3 is 0 Å². The Balaban J connectivity index is 1.91. The zero-order chi connectivity index (χ0) is 10.8.